The molecule has 3 aromatic rings. The Morgan fingerprint density at radius 2 is 1.90 bits per heavy atom. The molecule has 0 unspecified atom stereocenters. The van der Waals surface area contributed by atoms with Gasteiger partial charge in [0.15, 0.2) is 11.5 Å². The Morgan fingerprint density at radius 3 is 2.81 bits per heavy atom. The summed E-state index contributed by atoms with van der Waals surface area (Å²) in [6.07, 6.45) is 0. The molecule has 0 atom stereocenters. The van der Waals surface area contributed by atoms with Gasteiger partial charge in [0.25, 0.3) is 0 Å². The zero-order chi connectivity index (χ0) is 14.1. The highest BCUT2D eigenvalue weighted by Gasteiger charge is 2.12. The maximum atomic E-state index is 5.60. The standard InChI is InChI=1S/C16H14N2O2S/c1-2-4-13-12(3-1)17-16(18-13)10-21-11-5-6-14-15(9-11)20-8-7-19-14/h1-6,9H,7-8,10H2,(H,17,18). The largest absolute Gasteiger partial charge is 0.486 e. The molecule has 106 valence electrons. The Hall–Kier alpha value is -2.14. The number of benzene rings is 2. The van der Waals surface area contributed by atoms with E-state index in [4.69, 9.17) is 9.47 Å². The summed E-state index contributed by atoms with van der Waals surface area (Å²) in [5.41, 5.74) is 2.09. The molecule has 0 spiro atoms. The molecule has 0 aliphatic carbocycles. The fourth-order valence-corrected chi connectivity index (χ4v) is 3.13. The molecule has 5 heteroatoms. The van der Waals surface area contributed by atoms with E-state index < -0.39 is 0 Å². The van der Waals surface area contributed by atoms with Gasteiger partial charge in [0.2, 0.25) is 0 Å². The van der Waals surface area contributed by atoms with E-state index in [0.29, 0.717) is 13.2 Å². The summed E-state index contributed by atoms with van der Waals surface area (Å²) in [7, 11) is 0. The van der Waals surface area contributed by atoms with Crippen LogP contribution in [0.5, 0.6) is 11.5 Å². The monoisotopic (exact) mass is 298 g/mol. The third-order valence-corrected chi connectivity index (χ3v) is 4.33. The summed E-state index contributed by atoms with van der Waals surface area (Å²) in [6.45, 7) is 1.24. The highest BCUT2D eigenvalue weighted by atomic mass is 32.2. The number of nitrogens with zero attached hydrogens (tertiary/aromatic N) is 1. The van der Waals surface area contributed by atoms with Crippen LogP contribution in [0.3, 0.4) is 0 Å². The SMILES string of the molecule is c1ccc2[nH]c(CSc3ccc4c(c3)OCCO4)nc2c1. The lowest BCUT2D eigenvalue weighted by Crippen LogP contribution is -2.15. The topological polar surface area (TPSA) is 47.1 Å². The molecule has 1 N–H and O–H groups in total. The third-order valence-electron chi connectivity index (χ3n) is 3.33. The van der Waals surface area contributed by atoms with E-state index in [1.807, 2.05) is 36.4 Å². The predicted octanol–water partition coefficient (Wildman–Crippen LogP) is 3.63. The van der Waals surface area contributed by atoms with Gasteiger partial charge in [-0.05, 0) is 30.3 Å². The number of imidazole rings is 1. The first-order valence-corrected chi connectivity index (χ1v) is 7.83. The van der Waals surface area contributed by atoms with Gasteiger partial charge in [-0.3, -0.25) is 0 Å². The van der Waals surface area contributed by atoms with Crippen molar-refractivity contribution in [1.82, 2.24) is 9.97 Å². The zero-order valence-corrected chi connectivity index (χ0v) is 12.2. The van der Waals surface area contributed by atoms with Crippen molar-refractivity contribution < 1.29 is 9.47 Å². The van der Waals surface area contributed by atoms with Gasteiger partial charge >= 0.3 is 0 Å². The number of ether oxygens (including phenoxy) is 2. The maximum absolute atomic E-state index is 5.60. The molecule has 0 amide bonds. The lowest BCUT2D eigenvalue weighted by molar-refractivity contribution is 0.171. The average Bonchev–Trinajstić information content (AvgIpc) is 2.95. The van der Waals surface area contributed by atoms with E-state index in [9.17, 15) is 0 Å². The van der Waals surface area contributed by atoms with Crippen molar-refractivity contribution >= 4 is 22.8 Å². The van der Waals surface area contributed by atoms with Gasteiger partial charge in [0, 0.05) is 4.90 Å². The first kappa shape index (κ1) is 12.6. The molecule has 0 saturated carbocycles. The summed E-state index contributed by atoms with van der Waals surface area (Å²) in [5.74, 6) is 3.44. The van der Waals surface area contributed by atoms with Crippen LogP contribution in [0.4, 0.5) is 0 Å². The molecule has 0 radical (unpaired) electrons. The first-order valence-electron chi connectivity index (χ1n) is 6.84. The van der Waals surface area contributed by atoms with E-state index in [1.54, 1.807) is 11.8 Å². The van der Waals surface area contributed by atoms with Crippen LogP contribution in [0.25, 0.3) is 11.0 Å². The fourth-order valence-electron chi connectivity index (χ4n) is 2.34. The van der Waals surface area contributed by atoms with E-state index in [-0.39, 0.29) is 0 Å². The van der Waals surface area contributed by atoms with Crippen molar-refractivity contribution in [3.8, 4) is 11.5 Å². The molecule has 4 nitrogen and oxygen atoms in total. The molecule has 1 aliphatic heterocycles. The van der Waals surface area contributed by atoms with Crippen LogP contribution in [0, 0.1) is 0 Å². The minimum Gasteiger partial charge on any atom is -0.486 e. The van der Waals surface area contributed by atoms with Crippen LogP contribution >= 0.6 is 11.8 Å². The summed E-state index contributed by atoms with van der Waals surface area (Å²) in [4.78, 5) is 9.08. The summed E-state index contributed by atoms with van der Waals surface area (Å²) < 4.78 is 11.1. The van der Waals surface area contributed by atoms with Crippen LogP contribution in [0.15, 0.2) is 47.4 Å². The maximum Gasteiger partial charge on any atom is 0.162 e. The van der Waals surface area contributed by atoms with Crippen molar-refractivity contribution in [2.75, 3.05) is 13.2 Å². The number of thioether (sulfide) groups is 1. The van der Waals surface area contributed by atoms with Gasteiger partial charge < -0.3 is 14.5 Å². The van der Waals surface area contributed by atoms with Crippen LogP contribution < -0.4 is 9.47 Å². The van der Waals surface area contributed by atoms with Crippen molar-refractivity contribution in [2.24, 2.45) is 0 Å². The number of H-pyrrole nitrogens is 1. The predicted molar refractivity (Wildman–Crippen MR) is 83.1 cm³/mol. The van der Waals surface area contributed by atoms with Crippen molar-refractivity contribution in [1.29, 1.82) is 0 Å². The second-order valence-electron chi connectivity index (χ2n) is 4.79. The minimum atomic E-state index is 0.616. The number of hydrogen-bond donors (Lipinski definition) is 1. The van der Waals surface area contributed by atoms with E-state index >= 15 is 0 Å². The van der Waals surface area contributed by atoms with Crippen molar-refractivity contribution in [3.05, 3.63) is 48.3 Å². The number of nitrogens with one attached hydrogen (secondary N) is 1. The van der Waals surface area contributed by atoms with Gasteiger partial charge in [0.1, 0.15) is 19.0 Å². The molecule has 1 aliphatic rings. The molecule has 21 heavy (non-hydrogen) atoms. The van der Waals surface area contributed by atoms with E-state index in [2.05, 4.69) is 16.0 Å². The molecule has 0 bridgehead atoms. The van der Waals surface area contributed by atoms with Crippen molar-refractivity contribution in [2.45, 2.75) is 10.6 Å². The van der Waals surface area contributed by atoms with Gasteiger partial charge in [-0.15, -0.1) is 11.8 Å². The molecular formula is C16H14N2O2S. The second-order valence-corrected chi connectivity index (χ2v) is 5.84. The highest BCUT2D eigenvalue weighted by molar-refractivity contribution is 7.98. The van der Waals surface area contributed by atoms with Gasteiger partial charge in [-0.25, -0.2) is 4.98 Å². The number of hydrogen-bond acceptors (Lipinski definition) is 4. The van der Waals surface area contributed by atoms with Crippen LogP contribution in [0.1, 0.15) is 5.82 Å². The second kappa shape index (κ2) is 5.33. The molecular weight excluding hydrogens is 284 g/mol. The molecule has 2 heterocycles. The van der Waals surface area contributed by atoms with E-state index in [1.165, 1.54) is 0 Å². The Morgan fingerprint density at radius 1 is 1.05 bits per heavy atom. The number of aromatic nitrogens is 2. The zero-order valence-electron chi connectivity index (χ0n) is 11.3. The smallest absolute Gasteiger partial charge is 0.162 e. The van der Waals surface area contributed by atoms with Gasteiger partial charge in [-0.1, -0.05) is 12.1 Å². The lowest BCUT2D eigenvalue weighted by atomic mass is 10.3. The van der Waals surface area contributed by atoms with Crippen molar-refractivity contribution in [3.63, 3.8) is 0 Å². The Kier molecular flexibility index (Phi) is 3.20. The Labute approximate surface area is 126 Å². The Balaban J connectivity index is 1.51. The quantitative estimate of drug-likeness (QED) is 0.750. The molecule has 2 aromatic carbocycles. The van der Waals surface area contributed by atoms with Gasteiger partial charge in [-0.2, -0.15) is 0 Å². The highest BCUT2D eigenvalue weighted by Crippen LogP contribution is 2.35. The molecule has 0 saturated heterocycles. The number of rotatable bonds is 3. The minimum absolute atomic E-state index is 0.616. The van der Waals surface area contributed by atoms with Gasteiger partial charge in [0.05, 0.1) is 16.8 Å². The molecule has 1 aromatic heterocycles. The number of para-hydroxylation sites is 2. The fraction of sp³-hybridized carbons (Fsp3) is 0.188. The van der Waals surface area contributed by atoms with Crippen LogP contribution in [-0.4, -0.2) is 23.2 Å². The average molecular weight is 298 g/mol. The summed E-state index contributed by atoms with van der Waals surface area (Å²) >= 11 is 1.73. The van der Waals surface area contributed by atoms with Crippen LogP contribution in [-0.2, 0) is 5.75 Å². The van der Waals surface area contributed by atoms with E-state index in [0.717, 1.165) is 39.0 Å². The Bertz CT molecular complexity index is 752. The number of fused-ring (bicyclic) bond motifs is 2. The summed E-state index contributed by atoms with van der Waals surface area (Å²) in [5, 5.41) is 0. The molecule has 0 fully saturated rings. The molecule has 4 rings (SSSR count). The summed E-state index contributed by atoms with van der Waals surface area (Å²) in [6, 6.07) is 14.1. The normalized spacial score (nSPS) is 13.5. The van der Waals surface area contributed by atoms with Crippen LogP contribution in [0.2, 0.25) is 0 Å². The first-order chi connectivity index (χ1) is 10.4. The number of aromatic amines is 1. The lowest BCUT2D eigenvalue weighted by Gasteiger charge is -2.18. The third kappa shape index (κ3) is 2.56.